The van der Waals surface area contributed by atoms with Crippen molar-refractivity contribution in [1.29, 1.82) is 0 Å². The summed E-state index contributed by atoms with van der Waals surface area (Å²) in [4.78, 5) is 0. The number of methoxy groups -OCH3 is 2. The lowest BCUT2D eigenvalue weighted by Gasteiger charge is -2.18. The smallest absolute Gasteiger partial charge is 0.126 e. The van der Waals surface area contributed by atoms with Gasteiger partial charge in [0.1, 0.15) is 17.7 Å². The van der Waals surface area contributed by atoms with Crippen molar-refractivity contribution in [3.63, 3.8) is 0 Å². The maximum Gasteiger partial charge on any atom is 0.126 e. The fourth-order valence-electron chi connectivity index (χ4n) is 1.64. The fourth-order valence-corrected chi connectivity index (χ4v) is 1.64. The molecular weight excluding hydrogens is 225 g/mol. The van der Waals surface area contributed by atoms with E-state index in [4.69, 9.17) is 15.2 Å². The van der Waals surface area contributed by atoms with E-state index in [9.17, 15) is 9.50 Å². The number of rotatable bonds is 5. The molecule has 0 saturated carbocycles. The molecule has 0 aliphatic carbocycles. The standard InChI is InChI=1S/C12H18FNO3/c1-7(13)8-4-12(17-3)9(10(15)6-14)5-11(8)16-2/h4-5,7,10,15H,6,14H2,1-3H3. The van der Waals surface area contributed by atoms with Gasteiger partial charge in [-0.3, -0.25) is 0 Å². The van der Waals surface area contributed by atoms with E-state index in [-0.39, 0.29) is 6.54 Å². The first-order valence-corrected chi connectivity index (χ1v) is 5.33. The molecule has 4 nitrogen and oxygen atoms in total. The van der Waals surface area contributed by atoms with Gasteiger partial charge < -0.3 is 20.3 Å². The molecule has 1 aromatic rings. The van der Waals surface area contributed by atoms with Crippen molar-refractivity contribution >= 4 is 0 Å². The summed E-state index contributed by atoms with van der Waals surface area (Å²) >= 11 is 0. The van der Waals surface area contributed by atoms with E-state index in [1.54, 1.807) is 6.07 Å². The number of hydrogen-bond acceptors (Lipinski definition) is 4. The molecule has 0 spiro atoms. The Balaban J connectivity index is 3.32. The summed E-state index contributed by atoms with van der Waals surface area (Å²) < 4.78 is 23.6. The molecule has 0 amide bonds. The molecule has 0 aromatic heterocycles. The number of alkyl halides is 1. The van der Waals surface area contributed by atoms with Crippen LogP contribution >= 0.6 is 0 Å². The van der Waals surface area contributed by atoms with Crippen molar-refractivity contribution in [2.75, 3.05) is 20.8 Å². The van der Waals surface area contributed by atoms with Crippen LogP contribution in [0.1, 0.15) is 30.3 Å². The Morgan fingerprint density at radius 1 is 1.24 bits per heavy atom. The summed E-state index contributed by atoms with van der Waals surface area (Å²) in [5.41, 5.74) is 6.28. The minimum Gasteiger partial charge on any atom is -0.496 e. The molecule has 5 heteroatoms. The number of benzene rings is 1. The summed E-state index contributed by atoms with van der Waals surface area (Å²) in [6, 6.07) is 3.08. The molecule has 1 rings (SSSR count). The second-order valence-corrected chi connectivity index (χ2v) is 3.70. The maximum absolute atomic E-state index is 13.4. The number of nitrogens with two attached hydrogens (primary N) is 1. The Labute approximate surface area is 100 Å². The lowest BCUT2D eigenvalue weighted by atomic mass is 10.0. The minimum atomic E-state index is -1.18. The highest BCUT2D eigenvalue weighted by Gasteiger charge is 2.19. The summed E-state index contributed by atoms with van der Waals surface area (Å²) in [5, 5.41) is 9.74. The average Bonchev–Trinajstić information content (AvgIpc) is 2.35. The molecule has 2 unspecified atom stereocenters. The Morgan fingerprint density at radius 2 is 1.71 bits per heavy atom. The molecule has 3 N–H and O–H groups in total. The van der Waals surface area contributed by atoms with Gasteiger partial charge in [0.2, 0.25) is 0 Å². The zero-order chi connectivity index (χ0) is 13.0. The first-order valence-electron chi connectivity index (χ1n) is 5.33. The number of aliphatic hydroxyl groups excluding tert-OH is 1. The van der Waals surface area contributed by atoms with Crippen LogP contribution in [0.5, 0.6) is 11.5 Å². The highest BCUT2D eigenvalue weighted by molar-refractivity contribution is 5.48. The van der Waals surface area contributed by atoms with Crippen LogP contribution < -0.4 is 15.2 Å². The van der Waals surface area contributed by atoms with Gasteiger partial charge in [0.05, 0.1) is 20.3 Å². The van der Waals surface area contributed by atoms with Crippen molar-refractivity contribution in [2.24, 2.45) is 5.73 Å². The molecule has 0 saturated heterocycles. The van der Waals surface area contributed by atoms with Crippen LogP contribution in [0, 0.1) is 0 Å². The van der Waals surface area contributed by atoms with Crippen LogP contribution in [-0.4, -0.2) is 25.9 Å². The van der Waals surface area contributed by atoms with E-state index in [2.05, 4.69) is 0 Å². The predicted molar refractivity (Wildman–Crippen MR) is 63.1 cm³/mol. The van der Waals surface area contributed by atoms with E-state index >= 15 is 0 Å². The van der Waals surface area contributed by atoms with Crippen molar-refractivity contribution in [3.05, 3.63) is 23.3 Å². The largest absolute Gasteiger partial charge is 0.496 e. The lowest BCUT2D eigenvalue weighted by Crippen LogP contribution is -2.13. The Bertz CT molecular complexity index is 382. The van der Waals surface area contributed by atoms with Crippen molar-refractivity contribution in [3.8, 4) is 11.5 Å². The highest BCUT2D eigenvalue weighted by atomic mass is 19.1. The minimum absolute atomic E-state index is 0.0596. The molecule has 2 atom stereocenters. The summed E-state index contributed by atoms with van der Waals surface area (Å²) in [5.74, 6) is 0.784. The van der Waals surface area contributed by atoms with Gasteiger partial charge in [-0.2, -0.15) is 0 Å². The van der Waals surface area contributed by atoms with Crippen molar-refractivity contribution in [1.82, 2.24) is 0 Å². The maximum atomic E-state index is 13.4. The van der Waals surface area contributed by atoms with Crippen LogP contribution in [0.25, 0.3) is 0 Å². The Hall–Kier alpha value is -1.33. The van der Waals surface area contributed by atoms with E-state index in [0.717, 1.165) is 0 Å². The van der Waals surface area contributed by atoms with Gasteiger partial charge in [-0.25, -0.2) is 4.39 Å². The van der Waals surface area contributed by atoms with E-state index < -0.39 is 12.3 Å². The quantitative estimate of drug-likeness (QED) is 0.826. The summed E-state index contributed by atoms with van der Waals surface area (Å²) in [6.07, 6.45) is -2.04. The molecule has 1 aromatic carbocycles. The van der Waals surface area contributed by atoms with Gasteiger partial charge in [0.25, 0.3) is 0 Å². The van der Waals surface area contributed by atoms with Gasteiger partial charge >= 0.3 is 0 Å². The molecule has 0 heterocycles. The highest BCUT2D eigenvalue weighted by Crippen LogP contribution is 2.36. The molecule has 0 fully saturated rings. The van der Waals surface area contributed by atoms with Gasteiger partial charge in [-0.1, -0.05) is 0 Å². The predicted octanol–water partition coefficient (Wildman–Crippen LogP) is 1.73. The number of aliphatic hydroxyl groups is 1. The second-order valence-electron chi connectivity index (χ2n) is 3.70. The van der Waals surface area contributed by atoms with Crippen LogP contribution in [0.2, 0.25) is 0 Å². The number of halogens is 1. The zero-order valence-electron chi connectivity index (χ0n) is 10.2. The van der Waals surface area contributed by atoms with E-state index in [0.29, 0.717) is 22.6 Å². The van der Waals surface area contributed by atoms with Gasteiger partial charge in [0, 0.05) is 17.7 Å². The second kappa shape index (κ2) is 5.84. The molecule has 96 valence electrons. The summed E-state index contributed by atoms with van der Waals surface area (Å²) in [7, 11) is 2.91. The average molecular weight is 243 g/mol. The number of ether oxygens (including phenoxy) is 2. The van der Waals surface area contributed by atoms with Gasteiger partial charge in [0.15, 0.2) is 0 Å². The molecule has 0 radical (unpaired) electrons. The summed E-state index contributed by atoms with van der Waals surface area (Å²) in [6.45, 7) is 1.47. The zero-order valence-corrected chi connectivity index (χ0v) is 10.2. The van der Waals surface area contributed by atoms with Gasteiger partial charge in [-0.15, -0.1) is 0 Å². The number of hydrogen-bond donors (Lipinski definition) is 2. The van der Waals surface area contributed by atoms with Crippen LogP contribution in [0.3, 0.4) is 0 Å². The Morgan fingerprint density at radius 3 is 2.12 bits per heavy atom. The molecule has 17 heavy (non-hydrogen) atoms. The SMILES string of the molecule is COc1cc(C(O)CN)c(OC)cc1C(C)F. The third kappa shape index (κ3) is 2.87. The van der Waals surface area contributed by atoms with Crippen LogP contribution in [0.4, 0.5) is 4.39 Å². The lowest BCUT2D eigenvalue weighted by molar-refractivity contribution is 0.181. The Kier molecular flexibility index (Phi) is 4.72. The van der Waals surface area contributed by atoms with Crippen molar-refractivity contribution < 1.29 is 19.0 Å². The molecule has 0 aliphatic rings. The van der Waals surface area contributed by atoms with E-state index in [1.165, 1.54) is 27.2 Å². The molecule has 0 bridgehead atoms. The topological polar surface area (TPSA) is 64.7 Å². The molecular formula is C12H18FNO3. The van der Waals surface area contributed by atoms with Crippen LogP contribution in [0.15, 0.2) is 12.1 Å². The van der Waals surface area contributed by atoms with Gasteiger partial charge in [-0.05, 0) is 19.1 Å². The van der Waals surface area contributed by atoms with Crippen molar-refractivity contribution in [2.45, 2.75) is 19.2 Å². The first-order chi connectivity index (χ1) is 8.04. The van der Waals surface area contributed by atoms with Crippen LogP contribution in [-0.2, 0) is 0 Å². The van der Waals surface area contributed by atoms with E-state index in [1.807, 2.05) is 0 Å². The fraction of sp³-hybridized carbons (Fsp3) is 0.500. The third-order valence-corrected chi connectivity index (χ3v) is 2.59. The first kappa shape index (κ1) is 13.7. The monoisotopic (exact) mass is 243 g/mol. The molecule has 0 aliphatic heterocycles. The third-order valence-electron chi connectivity index (χ3n) is 2.59. The normalized spacial score (nSPS) is 14.2.